The maximum absolute atomic E-state index is 5.66. The van der Waals surface area contributed by atoms with E-state index in [1.54, 1.807) is 0 Å². The minimum Gasteiger partial charge on any atom is -0.339 e. The van der Waals surface area contributed by atoms with Crippen LogP contribution in [0.4, 0.5) is 0 Å². The Labute approximate surface area is 84.9 Å². The van der Waals surface area contributed by atoms with Gasteiger partial charge >= 0.3 is 0 Å². The fourth-order valence-electron chi connectivity index (χ4n) is 1.40. The van der Waals surface area contributed by atoms with Crippen LogP contribution in [0.25, 0.3) is 0 Å². The smallest absolute Gasteiger partial charge is 0.231 e. The van der Waals surface area contributed by atoms with Crippen molar-refractivity contribution in [3.63, 3.8) is 0 Å². The van der Waals surface area contributed by atoms with Crippen molar-refractivity contribution in [2.24, 2.45) is 11.7 Å². The Morgan fingerprint density at radius 1 is 1.43 bits per heavy atom. The summed E-state index contributed by atoms with van der Waals surface area (Å²) in [5, 5.41) is 3.92. The highest BCUT2D eigenvalue weighted by Gasteiger charge is 2.20. The zero-order valence-electron chi connectivity index (χ0n) is 9.16. The number of aromatic nitrogens is 2. The molecule has 14 heavy (non-hydrogen) atoms. The van der Waals surface area contributed by atoms with Gasteiger partial charge in [-0.1, -0.05) is 25.9 Å². The normalized spacial score (nSPS) is 13.5. The third-order valence-electron chi connectivity index (χ3n) is 2.33. The molecule has 1 rings (SSSR count). The lowest BCUT2D eigenvalue weighted by atomic mass is 9.96. The Morgan fingerprint density at radius 3 is 2.64 bits per heavy atom. The molecular weight excluding hydrogens is 178 g/mol. The SMILES string of the molecule is CCCc1noc(C(CN)C(C)C)n1. The third-order valence-corrected chi connectivity index (χ3v) is 2.33. The molecule has 0 saturated carbocycles. The highest BCUT2D eigenvalue weighted by molar-refractivity contribution is 4.96. The second-order valence-electron chi connectivity index (χ2n) is 3.89. The lowest BCUT2D eigenvalue weighted by molar-refractivity contribution is 0.321. The van der Waals surface area contributed by atoms with Crippen LogP contribution in [0.15, 0.2) is 4.52 Å². The first-order valence-electron chi connectivity index (χ1n) is 5.21. The van der Waals surface area contributed by atoms with E-state index in [1.807, 2.05) is 0 Å². The van der Waals surface area contributed by atoms with Gasteiger partial charge in [0.15, 0.2) is 5.82 Å². The van der Waals surface area contributed by atoms with E-state index in [0.29, 0.717) is 18.4 Å². The summed E-state index contributed by atoms with van der Waals surface area (Å²) >= 11 is 0. The molecule has 4 heteroatoms. The highest BCUT2D eigenvalue weighted by atomic mass is 16.5. The van der Waals surface area contributed by atoms with E-state index in [9.17, 15) is 0 Å². The van der Waals surface area contributed by atoms with Gasteiger partial charge in [0.25, 0.3) is 0 Å². The maximum Gasteiger partial charge on any atom is 0.231 e. The Morgan fingerprint density at radius 2 is 2.14 bits per heavy atom. The first kappa shape index (κ1) is 11.2. The van der Waals surface area contributed by atoms with Crippen LogP contribution in [0.5, 0.6) is 0 Å². The van der Waals surface area contributed by atoms with Crippen LogP contribution < -0.4 is 5.73 Å². The van der Waals surface area contributed by atoms with Gasteiger partial charge in [-0.25, -0.2) is 0 Å². The molecule has 0 aliphatic carbocycles. The molecule has 1 unspecified atom stereocenters. The zero-order chi connectivity index (χ0) is 10.6. The fourth-order valence-corrected chi connectivity index (χ4v) is 1.40. The van der Waals surface area contributed by atoms with Crippen LogP contribution in [0.1, 0.15) is 44.8 Å². The second kappa shape index (κ2) is 5.10. The van der Waals surface area contributed by atoms with Crippen molar-refractivity contribution in [2.45, 2.75) is 39.5 Å². The Bertz CT molecular complexity index is 270. The van der Waals surface area contributed by atoms with Crippen molar-refractivity contribution < 1.29 is 4.52 Å². The molecule has 0 aliphatic rings. The van der Waals surface area contributed by atoms with Gasteiger partial charge in [-0.05, 0) is 12.3 Å². The molecule has 0 bridgehead atoms. The van der Waals surface area contributed by atoms with Crippen molar-refractivity contribution in [1.29, 1.82) is 0 Å². The number of nitrogens with zero attached hydrogens (tertiary/aromatic N) is 2. The molecule has 1 aromatic rings. The summed E-state index contributed by atoms with van der Waals surface area (Å²) in [5.74, 6) is 2.11. The van der Waals surface area contributed by atoms with E-state index in [-0.39, 0.29) is 5.92 Å². The summed E-state index contributed by atoms with van der Waals surface area (Å²) < 4.78 is 5.19. The van der Waals surface area contributed by atoms with E-state index in [2.05, 4.69) is 30.9 Å². The van der Waals surface area contributed by atoms with Crippen LogP contribution in [0.2, 0.25) is 0 Å². The molecule has 4 nitrogen and oxygen atoms in total. The molecule has 0 saturated heterocycles. The van der Waals surface area contributed by atoms with Crippen LogP contribution in [-0.2, 0) is 6.42 Å². The van der Waals surface area contributed by atoms with Crippen LogP contribution >= 0.6 is 0 Å². The Kier molecular flexibility index (Phi) is 4.07. The van der Waals surface area contributed by atoms with Gasteiger partial charge in [-0.15, -0.1) is 0 Å². The topological polar surface area (TPSA) is 64.9 Å². The monoisotopic (exact) mass is 197 g/mol. The van der Waals surface area contributed by atoms with Gasteiger partial charge in [0.2, 0.25) is 5.89 Å². The van der Waals surface area contributed by atoms with Crippen molar-refractivity contribution >= 4 is 0 Å². The van der Waals surface area contributed by atoms with Crippen LogP contribution in [-0.4, -0.2) is 16.7 Å². The zero-order valence-corrected chi connectivity index (χ0v) is 9.16. The summed E-state index contributed by atoms with van der Waals surface area (Å²) in [6, 6.07) is 0. The summed E-state index contributed by atoms with van der Waals surface area (Å²) in [6.45, 7) is 6.88. The van der Waals surface area contributed by atoms with Gasteiger partial charge in [0, 0.05) is 13.0 Å². The Hall–Kier alpha value is -0.900. The van der Waals surface area contributed by atoms with Crippen LogP contribution in [0.3, 0.4) is 0 Å². The minimum absolute atomic E-state index is 0.188. The quantitative estimate of drug-likeness (QED) is 0.780. The van der Waals surface area contributed by atoms with Gasteiger partial charge < -0.3 is 10.3 Å². The van der Waals surface area contributed by atoms with E-state index < -0.39 is 0 Å². The summed E-state index contributed by atoms with van der Waals surface area (Å²) in [6.07, 6.45) is 1.91. The summed E-state index contributed by atoms with van der Waals surface area (Å²) in [4.78, 5) is 4.33. The number of aryl methyl sites for hydroxylation is 1. The van der Waals surface area contributed by atoms with Crippen molar-refractivity contribution in [3.8, 4) is 0 Å². The van der Waals surface area contributed by atoms with E-state index in [4.69, 9.17) is 10.3 Å². The molecule has 80 valence electrons. The first-order chi connectivity index (χ1) is 6.69. The molecule has 0 amide bonds. The lowest BCUT2D eigenvalue weighted by Crippen LogP contribution is -2.18. The molecule has 1 aromatic heterocycles. The van der Waals surface area contributed by atoms with Gasteiger partial charge in [0.05, 0.1) is 5.92 Å². The third kappa shape index (κ3) is 2.54. The average molecular weight is 197 g/mol. The van der Waals surface area contributed by atoms with Crippen molar-refractivity contribution in [1.82, 2.24) is 10.1 Å². The molecule has 0 aliphatic heterocycles. The predicted molar refractivity (Wildman–Crippen MR) is 54.9 cm³/mol. The van der Waals surface area contributed by atoms with Crippen molar-refractivity contribution in [2.75, 3.05) is 6.54 Å². The largest absolute Gasteiger partial charge is 0.339 e. The second-order valence-corrected chi connectivity index (χ2v) is 3.89. The van der Waals surface area contributed by atoms with Gasteiger partial charge in [0.1, 0.15) is 0 Å². The average Bonchev–Trinajstić information content (AvgIpc) is 2.54. The molecule has 2 N–H and O–H groups in total. The van der Waals surface area contributed by atoms with Crippen molar-refractivity contribution in [3.05, 3.63) is 11.7 Å². The highest BCUT2D eigenvalue weighted by Crippen LogP contribution is 2.21. The van der Waals surface area contributed by atoms with Gasteiger partial charge in [-0.2, -0.15) is 4.98 Å². The van der Waals surface area contributed by atoms with E-state index in [1.165, 1.54) is 0 Å². The number of nitrogens with two attached hydrogens (primary N) is 1. The fraction of sp³-hybridized carbons (Fsp3) is 0.800. The minimum atomic E-state index is 0.188. The molecule has 0 spiro atoms. The number of rotatable bonds is 5. The predicted octanol–water partition coefficient (Wildman–Crippen LogP) is 1.72. The van der Waals surface area contributed by atoms with E-state index in [0.717, 1.165) is 18.7 Å². The van der Waals surface area contributed by atoms with Gasteiger partial charge in [-0.3, -0.25) is 0 Å². The maximum atomic E-state index is 5.66. The molecule has 0 radical (unpaired) electrons. The Balaban J connectivity index is 2.73. The lowest BCUT2D eigenvalue weighted by Gasteiger charge is -2.13. The van der Waals surface area contributed by atoms with E-state index >= 15 is 0 Å². The molecule has 0 fully saturated rings. The van der Waals surface area contributed by atoms with Crippen LogP contribution in [0, 0.1) is 5.92 Å². The molecule has 1 atom stereocenters. The molecule has 1 heterocycles. The summed E-state index contributed by atoms with van der Waals surface area (Å²) in [5.41, 5.74) is 5.66. The number of hydrogen-bond acceptors (Lipinski definition) is 4. The molecule has 0 aromatic carbocycles. The standard InChI is InChI=1S/C10H19N3O/c1-4-5-9-12-10(14-13-9)8(6-11)7(2)3/h7-8H,4-6,11H2,1-3H3. The summed E-state index contributed by atoms with van der Waals surface area (Å²) in [7, 11) is 0. The molecular formula is C10H19N3O. The number of hydrogen-bond donors (Lipinski definition) is 1. The first-order valence-corrected chi connectivity index (χ1v) is 5.21.